The number of amides is 1. The summed E-state index contributed by atoms with van der Waals surface area (Å²) in [7, 11) is 1.60. The highest BCUT2D eigenvalue weighted by Gasteiger charge is 2.17. The van der Waals surface area contributed by atoms with Gasteiger partial charge in [-0.25, -0.2) is 5.43 Å². The van der Waals surface area contributed by atoms with Crippen molar-refractivity contribution in [2.75, 3.05) is 12.5 Å². The van der Waals surface area contributed by atoms with Crippen LogP contribution in [0.15, 0.2) is 63.2 Å². The van der Waals surface area contributed by atoms with Crippen LogP contribution in [0.25, 0.3) is 11.0 Å². The zero-order valence-electron chi connectivity index (χ0n) is 15.6. The van der Waals surface area contributed by atoms with E-state index in [9.17, 15) is 4.79 Å². The van der Waals surface area contributed by atoms with Gasteiger partial charge in [-0.15, -0.1) is 0 Å². The zero-order chi connectivity index (χ0) is 20.1. The molecule has 0 aliphatic rings. The Morgan fingerprint density at radius 3 is 2.50 bits per heavy atom. The Bertz CT molecular complexity index is 1060. The Morgan fingerprint density at radius 1 is 1.11 bits per heavy atom. The van der Waals surface area contributed by atoms with Crippen molar-refractivity contribution >= 4 is 45.0 Å². The van der Waals surface area contributed by atoms with E-state index >= 15 is 0 Å². The highest BCUT2D eigenvalue weighted by molar-refractivity contribution is 6.83. The topological polar surface area (TPSA) is 88.2 Å². The number of halogens is 1. The van der Waals surface area contributed by atoms with Gasteiger partial charge in [0.05, 0.1) is 18.5 Å². The first-order valence-electron chi connectivity index (χ1n) is 8.46. The maximum atomic E-state index is 12.4. The van der Waals surface area contributed by atoms with Crippen molar-refractivity contribution in [3.8, 4) is 5.75 Å². The number of benzene rings is 2. The van der Waals surface area contributed by atoms with Crippen molar-refractivity contribution in [3.05, 3.63) is 59.9 Å². The van der Waals surface area contributed by atoms with E-state index in [-0.39, 0.29) is 10.9 Å². The molecule has 0 saturated heterocycles. The third-order valence-corrected chi connectivity index (χ3v) is 4.40. The molecule has 0 aliphatic heterocycles. The fourth-order valence-electron chi connectivity index (χ4n) is 2.48. The molecule has 0 fully saturated rings. The summed E-state index contributed by atoms with van der Waals surface area (Å²) >= 11 is 6.12. The molecule has 2 N–H and O–H groups in total. The number of ether oxygens (including phenoxy) is 1. The first-order valence-corrected chi connectivity index (χ1v) is 8.83. The lowest BCUT2D eigenvalue weighted by Crippen LogP contribution is -2.21. The predicted molar refractivity (Wildman–Crippen MR) is 111 cm³/mol. The van der Waals surface area contributed by atoms with Crippen molar-refractivity contribution in [3.63, 3.8) is 0 Å². The van der Waals surface area contributed by atoms with Crippen LogP contribution in [0.5, 0.6) is 5.75 Å². The van der Waals surface area contributed by atoms with E-state index < -0.39 is 5.91 Å². The summed E-state index contributed by atoms with van der Waals surface area (Å²) in [5, 5.41) is 9.02. The van der Waals surface area contributed by atoms with Crippen molar-refractivity contribution in [1.82, 2.24) is 5.43 Å². The van der Waals surface area contributed by atoms with E-state index in [0.717, 1.165) is 22.4 Å². The van der Waals surface area contributed by atoms with Gasteiger partial charge in [0.2, 0.25) is 0 Å². The molecule has 0 bridgehead atoms. The second-order valence-corrected chi connectivity index (χ2v) is 6.29. The molecule has 3 aromatic rings. The molecule has 0 saturated carbocycles. The maximum absolute atomic E-state index is 12.4. The lowest BCUT2D eigenvalue weighted by Gasteiger charge is -2.04. The molecule has 3 rings (SSSR count). The third kappa shape index (κ3) is 4.32. The van der Waals surface area contributed by atoms with E-state index in [2.05, 4.69) is 21.1 Å². The van der Waals surface area contributed by atoms with Crippen LogP contribution < -0.4 is 15.6 Å². The number of hydrogen-bond donors (Lipinski definition) is 2. The molecular weight excluding hydrogens is 380 g/mol. The average molecular weight is 399 g/mol. The van der Waals surface area contributed by atoms with Crippen LogP contribution in [0.3, 0.4) is 0 Å². The Labute approximate surface area is 167 Å². The number of carbonyl (C=O) groups excluding carboxylic acids is 1. The van der Waals surface area contributed by atoms with Gasteiger partial charge in [-0.1, -0.05) is 29.8 Å². The number of hydrogen-bond acceptors (Lipinski definition) is 6. The van der Waals surface area contributed by atoms with Gasteiger partial charge < -0.3 is 9.15 Å². The van der Waals surface area contributed by atoms with Crippen molar-refractivity contribution in [2.24, 2.45) is 10.2 Å². The fourth-order valence-corrected chi connectivity index (χ4v) is 2.57. The molecule has 1 heterocycles. The normalized spacial score (nSPS) is 12.1. The highest BCUT2D eigenvalue weighted by Crippen LogP contribution is 2.24. The number of rotatable bonds is 6. The molecule has 0 spiro atoms. The lowest BCUT2D eigenvalue weighted by atomic mass is 10.1. The van der Waals surface area contributed by atoms with Gasteiger partial charge >= 0.3 is 5.91 Å². The number of furan rings is 1. The molecule has 144 valence electrons. The number of para-hydroxylation sites is 1. The van der Waals surface area contributed by atoms with Gasteiger partial charge in [-0.3, -0.25) is 10.2 Å². The molecule has 7 nitrogen and oxygen atoms in total. The number of fused-ring (bicyclic) bond motifs is 1. The second kappa shape index (κ2) is 8.58. The van der Waals surface area contributed by atoms with Gasteiger partial charge in [0.1, 0.15) is 11.3 Å². The summed E-state index contributed by atoms with van der Waals surface area (Å²) in [4.78, 5) is 12.4. The van der Waals surface area contributed by atoms with E-state index in [0.29, 0.717) is 11.3 Å². The standard InChI is InChI=1S/C20H19ClN4O3/c1-12-16-6-4-5-7-17(16)28-18(12)20(26)25-22-13(2)19(21)24-23-14-8-10-15(27-3)11-9-14/h4-11,23H,1-3H3,(H,25,26)/b22-13+,24-19-. The molecule has 0 aliphatic carbocycles. The summed E-state index contributed by atoms with van der Waals surface area (Å²) in [6.07, 6.45) is 0. The van der Waals surface area contributed by atoms with Crippen molar-refractivity contribution < 1.29 is 13.9 Å². The van der Waals surface area contributed by atoms with Crippen LogP contribution in [0.1, 0.15) is 23.0 Å². The Hall–Kier alpha value is -3.32. The lowest BCUT2D eigenvalue weighted by molar-refractivity contribution is 0.0928. The SMILES string of the molecule is COc1ccc(N/N=C(Cl)/C(C)=N/NC(=O)c2oc3ccccc3c2C)cc1. The van der Waals surface area contributed by atoms with Crippen LogP contribution in [-0.4, -0.2) is 23.9 Å². The minimum absolute atomic E-state index is 0.109. The first kappa shape index (κ1) is 19.4. The van der Waals surface area contributed by atoms with Gasteiger partial charge in [0.15, 0.2) is 10.9 Å². The number of nitrogens with zero attached hydrogens (tertiary/aromatic N) is 2. The maximum Gasteiger partial charge on any atom is 0.307 e. The van der Waals surface area contributed by atoms with Gasteiger partial charge in [0, 0.05) is 10.9 Å². The van der Waals surface area contributed by atoms with Crippen molar-refractivity contribution in [2.45, 2.75) is 13.8 Å². The quantitative estimate of drug-likeness (QED) is 0.472. The molecule has 0 radical (unpaired) electrons. The second-order valence-electron chi connectivity index (χ2n) is 5.93. The summed E-state index contributed by atoms with van der Waals surface area (Å²) in [5.41, 5.74) is 7.72. The van der Waals surface area contributed by atoms with E-state index in [1.54, 1.807) is 38.3 Å². The summed E-state index contributed by atoms with van der Waals surface area (Å²) < 4.78 is 10.7. The molecule has 2 aromatic carbocycles. The number of hydrazone groups is 2. The number of carbonyl (C=O) groups is 1. The van der Waals surface area contributed by atoms with E-state index in [1.807, 2.05) is 31.2 Å². The molecule has 1 aromatic heterocycles. The largest absolute Gasteiger partial charge is 0.497 e. The highest BCUT2D eigenvalue weighted by atomic mass is 35.5. The Kier molecular flexibility index (Phi) is 5.96. The van der Waals surface area contributed by atoms with Crippen molar-refractivity contribution in [1.29, 1.82) is 0 Å². The van der Waals surface area contributed by atoms with Gasteiger partial charge in [0.25, 0.3) is 0 Å². The third-order valence-electron chi connectivity index (χ3n) is 4.05. The van der Waals surface area contributed by atoms with E-state index in [4.69, 9.17) is 20.8 Å². The predicted octanol–water partition coefficient (Wildman–Crippen LogP) is 4.52. The average Bonchev–Trinajstić information content (AvgIpc) is 3.07. The smallest absolute Gasteiger partial charge is 0.307 e. The van der Waals surface area contributed by atoms with Crippen LogP contribution in [0, 0.1) is 6.92 Å². The molecule has 28 heavy (non-hydrogen) atoms. The van der Waals surface area contributed by atoms with Crippen LogP contribution >= 0.6 is 11.6 Å². The van der Waals surface area contributed by atoms with Gasteiger partial charge in [-0.2, -0.15) is 10.2 Å². The number of methoxy groups -OCH3 is 1. The molecule has 0 atom stereocenters. The monoisotopic (exact) mass is 398 g/mol. The molecule has 8 heteroatoms. The summed E-state index contributed by atoms with van der Waals surface area (Å²) in [6, 6.07) is 14.6. The number of nitrogens with one attached hydrogen (secondary N) is 2. The van der Waals surface area contributed by atoms with E-state index in [1.165, 1.54) is 0 Å². The summed E-state index contributed by atoms with van der Waals surface area (Å²) in [6.45, 7) is 3.46. The van der Waals surface area contributed by atoms with Crippen LogP contribution in [0.4, 0.5) is 5.69 Å². The minimum atomic E-state index is -0.458. The molecule has 1 amide bonds. The number of anilines is 1. The minimum Gasteiger partial charge on any atom is -0.497 e. The van der Waals surface area contributed by atoms with Crippen LogP contribution in [0.2, 0.25) is 0 Å². The fraction of sp³-hybridized carbons (Fsp3) is 0.150. The van der Waals surface area contributed by atoms with Crippen LogP contribution in [-0.2, 0) is 0 Å². The molecular formula is C20H19ClN4O3. The summed E-state index contributed by atoms with van der Waals surface area (Å²) in [5.74, 6) is 0.491. The Morgan fingerprint density at radius 2 is 1.82 bits per heavy atom. The number of aryl methyl sites for hydroxylation is 1. The zero-order valence-corrected chi connectivity index (χ0v) is 16.4. The molecule has 0 unspecified atom stereocenters. The Balaban J connectivity index is 1.66. The first-order chi connectivity index (χ1) is 13.5. The van der Waals surface area contributed by atoms with Gasteiger partial charge in [-0.05, 0) is 44.2 Å².